The zero-order valence-corrected chi connectivity index (χ0v) is 13.0. The number of hydrogen-bond donors (Lipinski definition) is 1. The summed E-state index contributed by atoms with van der Waals surface area (Å²) in [5, 5.41) is 0.702. The molecule has 1 atom stereocenters. The van der Waals surface area contributed by atoms with Crippen LogP contribution in [0.2, 0.25) is 5.02 Å². The van der Waals surface area contributed by atoms with Gasteiger partial charge in [0.05, 0.1) is 6.04 Å². The van der Waals surface area contributed by atoms with Crippen molar-refractivity contribution < 1.29 is 4.79 Å². The Morgan fingerprint density at radius 1 is 1.50 bits per heavy atom. The van der Waals surface area contributed by atoms with Crippen LogP contribution in [0.4, 0.5) is 0 Å². The molecule has 1 unspecified atom stereocenters. The van der Waals surface area contributed by atoms with Gasteiger partial charge in [0.25, 0.3) is 0 Å². The van der Waals surface area contributed by atoms with Gasteiger partial charge in [0.15, 0.2) is 0 Å². The molecular formula is C16H23ClN2O. The van der Waals surface area contributed by atoms with E-state index in [0.717, 1.165) is 18.4 Å². The molecule has 0 aliphatic heterocycles. The second-order valence-electron chi connectivity index (χ2n) is 5.97. The van der Waals surface area contributed by atoms with E-state index in [1.807, 2.05) is 38.2 Å². The number of rotatable bonds is 5. The van der Waals surface area contributed by atoms with E-state index in [4.69, 9.17) is 17.3 Å². The smallest absolute Gasteiger partial charge is 0.223 e. The summed E-state index contributed by atoms with van der Waals surface area (Å²) in [4.78, 5) is 14.3. The number of hydrogen-bond acceptors (Lipinski definition) is 2. The molecule has 20 heavy (non-hydrogen) atoms. The molecule has 1 fully saturated rings. The van der Waals surface area contributed by atoms with Gasteiger partial charge in [-0.3, -0.25) is 4.79 Å². The van der Waals surface area contributed by atoms with Gasteiger partial charge >= 0.3 is 0 Å². The molecule has 1 aromatic carbocycles. The van der Waals surface area contributed by atoms with Gasteiger partial charge < -0.3 is 10.6 Å². The van der Waals surface area contributed by atoms with Crippen LogP contribution in [0.3, 0.4) is 0 Å². The molecule has 4 heteroatoms. The molecule has 0 bridgehead atoms. The first-order valence-corrected chi connectivity index (χ1v) is 7.56. The number of benzene rings is 1. The molecule has 2 rings (SSSR count). The SMILES string of the molecule is CC(c1cccc(Cl)c1)N(C)C(=O)CC1(CN)CCC1. The normalized spacial score (nSPS) is 18.2. The van der Waals surface area contributed by atoms with E-state index in [-0.39, 0.29) is 17.4 Å². The number of amides is 1. The molecule has 1 amide bonds. The average Bonchev–Trinajstić information content (AvgIpc) is 2.41. The van der Waals surface area contributed by atoms with Crippen LogP contribution < -0.4 is 5.73 Å². The Bertz CT molecular complexity index is 480. The topological polar surface area (TPSA) is 46.3 Å². The van der Waals surface area contributed by atoms with E-state index in [2.05, 4.69) is 0 Å². The Labute approximate surface area is 126 Å². The van der Waals surface area contributed by atoms with E-state index >= 15 is 0 Å². The third kappa shape index (κ3) is 3.15. The van der Waals surface area contributed by atoms with Crippen molar-refractivity contribution in [3.8, 4) is 0 Å². The fourth-order valence-electron chi connectivity index (χ4n) is 2.78. The van der Waals surface area contributed by atoms with Crippen molar-refractivity contribution in [1.82, 2.24) is 4.90 Å². The summed E-state index contributed by atoms with van der Waals surface area (Å²) in [6.45, 7) is 2.64. The zero-order chi connectivity index (χ0) is 14.8. The van der Waals surface area contributed by atoms with E-state index in [0.29, 0.717) is 18.0 Å². The fraction of sp³-hybridized carbons (Fsp3) is 0.562. The maximum Gasteiger partial charge on any atom is 0.223 e. The summed E-state index contributed by atoms with van der Waals surface area (Å²) in [6.07, 6.45) is 3.91. The van der Waals surface area contributed by atoms with Crippen LogP contribution in [0.25, 0.3) is 0 Å². The van der Waals surface area contributed by atoms with Crippen LogP contribution in [0.5, 0.6) is 0 Å². The largest absolute Gasteiger partial charge is 0.339 e. The highest BCUT2D eigenvalue weighted by Gasteiger charge is 2.38. The van der Waals surface area contributed by atoms with Gasteiger partial charge in [0.1, 0.15) is 0 Å². The van der Waals surface area contributed by atoms with E-state index < -0.39 is 0 Å². The first kappa shape index (κ1) is 15.3. The molecule has 1 saturated carbocycles. The third-order valence-corrected chi connectivity index (χ3v) is 4.91. The fourth-order valence-corrected chi connectivity index (χ4v) is 2.98. The maximum atomic E-state index is 12.4. The summed E-state index contributed by atoms with van der Waals surface area (Å²) in [7, 11) is 1.86. The second kappa shape index (κ2) is 6.15. The molecular weight excluding hydrogens is 272 g/mol. The molecule has 0 saturated heterocycles. The molecule has 3 nitrogen and oxygen atoms in total. The van der Waals surface area contributed by atoms with Crippen molar-refractivity contribution in [3.05, 3.63) is 34.9 Å². The zero-order valence-electron chi connectivity index (χ0n) is 12.2. The van der Waals surface area contributed by atoms with E-state index in [9.17, 15) is 4.79 Å². The summed E-state index contributed by atoms with van der Waals surface area (Å²) in [5.41, 5.74) is 6.95. The van der Waals surface area contributed by atoms with Crippen molar-refractivity contribution in [1.29, 1.82) is 0 Å². The van der Waals surface area contributed by atoms with Gasteiger partial charge in [-0.25, -0.2) is 0 Å². The number of nitrogens with zero attached hydrogens (tertiary/aromatic N) is 1. The van der Waals surface area contributed by atoms with Gasteiger partial charge in [-0.15, -0.1) is 0 Å². The highest BCUT2D eigenvalue weighted by molar-refractivity contribution is 6.30. The summed E-state index contributed by atoms with van der Waals surface area (Å²) < 4.78 is 0. The standard InChI is InChI=1S/C16H23ClN2O/c1-12(13-5-3-6-14(17)9-13)19(2)15(20)10-16(11-18)7-4-8-16/h3,5-6,9,12H,4,7-8,10-11,18H2,1-2H3. The lowest BCUT2D eigenvalue weighted by atomic mass is 9.66. The van der Waals surface area contributed by atoms with Crippen LogP contribution in [0, 0.1) is 5.41 Å². The molecule has 0 heterocycles. The minimum absolute atomic E-state index is 0.0242. The highest BCUT2D eigenvalue weighted by Crippen LogP contribution is 2.43. The average molecular weight is 295 g/mol. The van der Waals surface area contributed by atoms with Crippen LogP contribution >= 0.6 is 11.6 Å². The second-order valence-corrected chi connectivity index (χ2v) is 6.41. The number of carbonyl (C=O) groups excluding carboxylic acids is 1. The number of carbonyl (C=O) groups is 1. The molecule has 0 aromatic heterocycles. The number of halogens is 1. The lowest BCUT2D eigenvalue weighted by molar-refractivity contribution is -0.135. The van der Waals surface area contributed by atoms with Gasteiger partial charge in [-0.1, -0.05) is 30.2 Å². The molecule has 110 valence electrons. The Kier molecular flexibility index (Phi) is 4.71. The van der Waals surface area contributed by atoms with Crippen LogP contribution in [-0.2, 0) is 4.79 Å². The molecule has 2 N–H and O–H groups in total. The third-order valence-electron chi connectivity index (χ3n) is 4.68. The minimum atomic E-state index is 0.0242. The molecule has 1 aliphatic carbocycles. The predicted molar refractivity (Wildman–Crippen MR) is 82.6 cm³/mol. The van der Waals surface area contributed by atoms with Crippen LogP contribution in [0.15, 0.2) is 24.3 Å². The van der Waals surface area contributed by atoms with Gasteiger partial charge in [-0.05, 0) is 49.4 Å². The molecule has 1 aromatic rings. The summed E-state index contributed by atoms with van der Waals surface area (Å²) >= 11 is 6.01. The highest BCUT2D eigenvalue weighted by atomic mass is 35.5. The van der Waals surface area contributed by atoms with Crippen molar-refractivity contribution in [2.45, 2.75) is 38.6 Å². The Morgan fingerprint density at radius 2 is 2.20 bits per heavy atom. The van der Waals surface area contributed by atoms with E-state index in [1.54, 1.807) is 4.90 Å². The first-order valence-electron chi connectivity index (χ1n) is 7.19. The van der Waals surface area contributed by atoms with Gasteiger partial charge in [-0.2, -0.15) is 0 Å². The van der Waals surface area contributed by atoms with Crippen molar-refractivity contribution >= 4 is 17.5 Å². The monoisotopic (exact) mass is 294 g/mol. The lowest BCUT2D eigenvalue weighted by Gasteiger charge is -2.41. The van der Waals surface area contributed by atoms with Crippen molar-refractivity contribution in [3.63, 3.8) is 0 Å². The van der Waals surface area contributed by atoms with Crippen molar-refractivity contribution in [2.24, 2.45) is 11.1 Å². The lowest BCUT2D eigenvalue weighted by Crippen LogP contribution is -2.42. The Morgan fingerprint density at radius 3 is 2.70 bits per heavy atom. The van der Waals surface area contributed by atoms with Crippen LogP contribution in [0.1, 0.15) is 44.2 Å². The van der Waals surface area contributed by atoms with Gasteiger partial charge in [0.2, 0.25) is 5.91 Å². The quantitative estimate of drug-likeness (QED) is 0.905. The summed E-state index contributed by atoms with van der Waals surface area (Å²) in [5.74, 6) is 0.169. The van der Waals surface area contributed by atoms with Crippen LogP contribution in [-0.4, -0.2) is 24.4 Å². The molecule has 0 radical (unpaired) electrons. The Hall–Kier alpha value is -1.06. The minimum Gasteiger partial charge on any atom is -0.339 e. The van der Waals surface area contributed by atoms with Crippen molar-refractivity contribution in [2.75, 3.05) is 13.6 Å². The van der Waals surface area contributed by atoms with Gasteiger partial charge in [0, 0.05) is 18.5 Å². The number of nitrogens with two attached hydrogens (primary N) is 1. The first-order chi connectivity index (χ1) is 9.47. The van der Waals surface area contributed by atoms with E-state index in [1.165, 1.54) is 6.42 Å². The summed E-state index contributed by atoms with van der Waals surface area (Å²) in [6, 6.07) is 7.70. The maximum absolute atomic E-state index is 12.4. The molecule has 0 spiro atoms. The molecule has 1 aliphatic rings. The predicted octanol–water partition coefficient (Wildman–Crippen LogP) is 3.38. The Balaban J connectivity index is 2.02.